The van der Waals surface area contributed by atoms with Gasteiger partial charge in [0.25, 0.3) is 0 Å². The Morgan fingerprint density at radius 3 is 2.83 bits per heavy atom. The molecule has 0 unspecified atom stereocenters. The minimum absolute atomic E-state index is 0.0575. The lowest BCUT2D eigenvalue weighted by molar-refractivity contribution is 0.252. The third-order valence-corrected chi connectivity index (χ3v) is 3.70. The standard InChI is InChI=1S/C9H14N2S/c1-2-7-6-12-8(11-7)9(10)4-3-5-9/h6H,2-5,10H2,1H3. The third-order valence-electron chi connectivity index (χ3n) is 2.59. The van der Waals surface area contributed by atoms with E-state index < -0.39 is 0 Å². The molecule has 3 heteroatoms. The third kappa shape index (κ3) is 1.17. The fourth-order valence-electron chi connectivity index (χ4n) is 1.47. The average molecular weight is 182 g/mol. The first kappa shape index (κ1) is 8.20. The van der Waals surface area contributed by atoms with Crippen molar-refractivity contribution in [2.24, 2.45) is 5.73 Å². The van der Waals surface area contributed by atoms with Crippen LogP contribution in [-0.4, -0.2) is 4.98 Å². The first-order valence-corrected chi connectivity index (χ1v) is 5.36. The molecule has 1 aromatic rings. The van der Waals surface area contributed by atoms with Crippen molar-refractivity contribution in [3.8, 4) is 0 Å². The minimum atomic E-state index is -0.0575. The normalized spacial score (nSPS) is 20.5. The quantitative estimate of drug-likeness (QED) is 0.760. The lowest BCUT2D eigenvalue weighted by atomic mass is 9.78. The molecule has 0 atom stereocenters. The zero-order chi connectivity index (χ0) is 8.60. The van der Waals surface area contributed by atoms with Crippen LogP contribution in [0.1, 0.15) is 36.9 Å². The molecule has 0 aliphatic heterocycles. The summed E-state index contributed by atoms with van der Waals surface area (Å²) in [6.45, 7) is 2.13. The number of aryl methyl sites for hydroxylation is 1. The van der Waals surface area contributed by atoms with Gasteiger partial charge in [-0.2, -0.15) is 0 Å². The highest BCUT2D eigenvalue weighted by atomic mass is 32.1. The first-order chi connectivity index (χ1) is 5.74. The second-order valence-corrected chi connectivity index (χ2v) is 4.37. The Balaban J connectivity index is 2.22. The van der Waals surface area contributed by atoms with Crippen molar-refractivity contribution in [1.82, 2.24) is 4.98 Å². The highest BCUT2D eigenvalue weighted by molar-refractivity contribution is 7.09. The zero-order valence-electron chi connectivity index (χ0n) is 7.34. The van der Waals surface area contributed by atoms with Crippen molar-refractivity contribution in [3.63, 3.8) is 0 Å². The molecule has 1 heterocycles. The summed E-state index contributed by atoms with van der Waals surface area (Å²) in [4.78, 5) is 4.52. The molecule has 0 aromatic carbocycles. The number of nitrogens with zero attached hydrogens (tertiary/aromatic N) is 1. The highest BCUT2D eigenvalue weighted by Crippen LogP contribution is 2.39. The summed E-state index contributed by atoms with van der Waals surface area (Å²) in [5, 5.41) is 3.27. The summed E-state index contributed by atoms with van der Waals surface area (Å²) < 4.78 is 0. The van der Waals surface area contributed by atoms with Crippen LogP contribution in [0, 0.1) is 0 Å². The van der Waals surface area contributed by atoms with E-state index in [0.717, 1.165) is 24.3 Å². The van der Waals surface area contributed by atoms with Gasteiger partial charge in [-0.3, -0.25) is 0 Å². The summed E-state index contributed by atoms with van der Waals surface area (Å²) in [5.41, 5.74) is 7.27. The van der Waals surface area contributed by atoms with E-state index in [9.17, 15) is 0 Å². The molecular formula is C9H14N2S. The van der Waals surface area contributed by atoms with Gasteiger partial charge < -0.3 is 5.73 Å². The van der Waals surface area contributed by atoms with Crippen molar-refractivity contribution in [3.05, 3.63) is 16.1 Å². The van der Waals surface area contributed by atoms with Crippen LogP contribution in [0.5, 0.6) is 0 Å². The molecule has 0 radical (unpaired) electrons. The molecule has 0 spiro atoms. The number of nitrogens with two attached hydrogens (primary N) is 1. The second-order valence-electron chi connectivity index (χ2n) is 3.51. The fourth-order valence-corrected chi connectivity index (χ4v) is 2.55. The van der Waals surface area contributed by atoms with E-state index in [1.807, 2.05) is 0 Å². The van der Waals surface area contributed by atoms with Crippen molar-refractivity contribution in [2.75, 3.05) is 0 Å². The Kier molecular flexibility index (Phi) is 1.93. The van der Waals surface area contributed by atoms with Crippen LogP contribution < -0.4 is 5.73 Å². The predicted molar refractivity (Wildman–Crippen MR) is 51.2 cm³/mol. The molecule has 1 aliphatic carbocycles. The van der Waals surface area contributed by atoms with Crippen molar-refractivity contribution in [1.29, 1.82) is 0 Å². The predicted octanol–water partition coefficient (Wildman–Crippen LogP) is 2.04. The van der Waals surface area contributed by atoms with Crippen molar-refractivity contribution in [2.45, 2.75) is 38.1 Å². The Bertz CT molecular complexity index is 276. The van der Waals surface area contributed by atoms with Crippen LogP contribution >= 0.6 is 11.3 Å². The van der Waals surface area contributed by atoms with E-state index in [0.29, 0.717) is 0 Å². The Morgan fingerprint density at radius 1 is 1.67 bits per heavy atom. The minimum Gasteiger partial charge on any atom is -0.319 e. The molecule has 2 rings (SSSR count). The Morgan fingerprint density at radius 2 is 2.42 bits per heavy atom. The van der Waals surface area contributed by atoms with Gasteiger partial charge in [0, 0.05) is 5.38 Å². The molecule has 66 valence electrons. The molecule has 0 amide bonds. The average Bonchev–Trinajstić information content (AvgIpc) is 2.48. The van der Waals surface area contributed by atoms with E-state index in [1.54, 1.807) is 11.3 Å². The Hall–Kier alpha value is -0.410. The molecule has 0 saturated heterocycles. The first-order valence-electron chi connectivity index (χ1n) is 4.48. The molecule has 2 N–H and O–H groups in total. The van der Waals surface area contributed by atoms with Gasteiger partial charge in [0.15, 0.2) is 0 Å². The highest BCUT2D eigenvalue weighted by Gasteiger charge is 2.36. The van der Waals surface area contributed by atoms with Crippen LogP contribution in [-0.2, 0) is 12.0 Å². The second kappa shape index (κ2) is 2.82. The van der Waals surface area contributed by atoms with Crippen LogP contribution in [0.4, 0.5) is 0 Å². The maximum Gasteiger partial charge on any atom is 0.113 e. The molecular weight excluding hydrogens is 168 g/mol. The van der Waals surface area contributed by atoms with E-state index in [1.165, 1.54) is 12.1 Å². The number of hydrogen-bond donors (Lipinski definition) is 1. The van der Waals surface area contributed by atoms with Crippen LogP contribution in [0.25, 0.3) is 0 Å². The molecule has 1 fully saturated rings. The molecule has 0 bridgehead atoms. The van der Waals surface area contributed by atoms with Gasteiger partial charge in [-0.25, -0.2) is 4.98 Å². The summed E-state index contributed by atoms with van der Waals surface area (Å²) >= 11 is 1.72. The van der Waals surface area contributed by atoms with E-state index in [2.05, 4.69) is 17.3 Å². The molecule has 12 heavy (non-hydrogen) atoms. The van der Waals surface area contributed by atoms with Gasteiger partial charge in [-0.15, -0.1) is 11.3 Å². The van der Waals surface area contributed by atoms with Gasteiger partial charge in [0.1, 0.15) is 5.01 Å². The summed E-state index contributed by atoms with van der Waals surface area (Å²) in [6.07, 6.45) is 4.51. The SMILES string of the molecule is CCc1csc(C2(N)CCC2)n1. The number of hydrogen-bond acceptors (Lipinski definition) is 3. The Labute approximate surface area is 76.8 Å². The van der Waals surface area contributed by atoms with E-state index in [4.69, 9.17) is 5.73 Å². The van der Waals surface area contributed by atoms with Gasteiger partial charge in [-0.1, -0.05) is 6.92 Å². The topological polar surface area (TPSA) is 38.9 Å². The monoisotopic (exact) mass is 182 g/mol. The van der Waals surface area contributed by atoms with Gasteiger partial charge >= 0.3 is 0 Å². The zero-order valence-corrected chi connectivity index (χ0v) is 8.16. The lowest BCUT2D eigenvalue weighted by Gasteiger charge is -2.35. The van der Waals surface area contributed by atoms with Crippen LogP contribution in [0.3, 0.4) is 0 Å². The molecule has 2 nitrogen and oxygen atoms in total. The summed E-state index contributed by atoms with van der Waals surface area (Å²) in [5.74, 6) is 0. The van der Waals surface area contributed by atoms with Gasteiger partial charge in [0.2, 0.25) is 0 Å². The molecule has 1 aliphatic rings. The maximum absolute atomic E-state index is 6.14. The van der Waals surface area contributed by atoms with Crippen LogP contribution in [0.2, 0.25) is 0 Å². The lowest BCUT2D eigenvalue weighted by Crippen LogP contribution is -2.43. The fraction of sp³-hybridized carbons (Fsp3) is 0.667. The maximum atomic E-state index is 6.14. The van der Waals surface area contributed by atoms with Gasteiger partial charge in [-0.05, 0) is 25.7 Å². The van der Waals surface area contributed by atoms with E-state index in [-0.39, 0.29) is 5.54 Å². The van der Waals surface area contributed by atoms with Gasteiger partial charge in [0.05, 0.1) is 11.2 Å². The van der Waals surface area contributed by atoms with E-state index >= 15 is 0 Å². The largest absolute Gasteiger partial charge is 0.319 e. The molecule has 1 saturated carbocycles. The van der Waals surface area contributed by atoms with Crippen LogP contribution in [0.15, 0.2) is 5.38 Å². The summed E-state index contributed by atoms with van der Waals surface area (Å²) in [7, 11) is 0. The number of aromatic nitrogens is 1. The number of thiazole rings is 1. The number of rotatable bonds is 2. The summed E-state index contributed by atoms with van der Waals surface area (Å²) in [6, 6.07) is 0. The van der Waals surface area contributed by atoms with Crippen molar-refractivity contribution < 1.29 is 0 Å². The van der Waals surface area contributed by atoms with Crippen molar-refractivity contribution >= 4 is 11.3 Å². The smallest absolute Gasteiger partial charge is 0.113 e. The molecule has 1 aromatic heterocycles.